The molecular formula is C18H22N2O6. The van der Waals surface area contributed by atoms with Crippen molar-refractivity contribution in [3.8, 4) is 0 Å². The summed E-state index contributed by atoms with van der Waals surface area (Å²) in [5.41, 5.74) is 0.820. The van der Waals surface area contributed by atoms with Gasteiger partial charge in [-0.15, -0.1) is 0 Å². The van der Waals surface area contributed by atoms with Crippen LogP contribution in [0.4, 0.5) is 4.79 Å². The molecule has 8 nitrogen and oxygen atoms in total. The van der Waals surface area contributed by atoms with Gasteiger partial charge < -0.3 is 19.9 Å². The number of ether oxygens (including phenoxy) is 2. The molecule has 8 heteroatoms. The lowest BCUT2D eigenvalue weighted by molar-refractivity contribution is -0.149. The number of carbonyl (C=O) groups is 3. The minimum absolute atomic E-state index is 0.0717. The van der Waals surface area contributed by atoms with Crippen LogP contribution in [-0.4, -0.2) is 59.8 Å². The number of esters is 2. The Kier molecular flexibility index (Phi) is 7.16. The topological polar surface area (TPSA) is 105 Å². The van der Waals surface area contributed by atoms with Crippen LogP contribution in [0.1, 0.15) is 12.0 Å². The summed E-state index contributed by atoms with van der Waals surface area (Å²) in [6.07, 6.45) is 0.484. The van der Waals surface area contributed by atoms with Crippen molar-refractivity contribution in [2.45, 2.75) is 25.1 Å². The second-order valence-corrected chi connectivity index (χ2v) is 5.83. The lowest BCUT2D eigenvalue weighted by Gasteiger charge is -2.19. The number of likely N-dealkylation sites (tertiary alicyclic amines) is 1. The fraction of sp³-hybridized carbons (Fsp3) is 0.389. The van der Waals surface area contributed by atoms with Crippen LogP contribution >= 0.6 is 0 Å². The molecule has 2 atom stereocenters. The highest BCUT2D eigenvalue weighted by atomic mass is 16.5. The summed E-state index contributed by atoms with van der Waals surface area (Å²) in [6.45, 7) is 3.66. The van der Waals surface area contributed by atoms with Gasteiger partial charge in [-0.1, -0.05) is 43.0 Å². The van der Waals surface area contributed by atoms with E-state index in [1.54, 1.807) is 0 Å². The van der Waals surface area contributed by atoms with Crippen LogP contribution in [-0.2, 0) is 25.7 Å². The third-order valence-corrected chi connectivity index (χ3v) is 3.94. The van der Waals surface area contributed by atoms with Crippen molar-refractivity contribution in [3.63, 3.8) is 0 Å². The molecule has 140 valence electrons. The van der Waals surface area contributed by atoms with Crippen LogP contribution in [0.3, 0.4) is 0 Å². The zero-order valence-corrected chi connectivity index (χ0v) is 14.3. The summed E-state index contributed by atoms with van der Waals surface area (Å²) in [7, 11) is 0. The molecule has 1 aromatic carbocycles. The molecule has 0 unspecified atom stereocenters. The highest BCUT2D eigenvalue weighted by Gasteiger charge is 2.40. The third-order valence-electron chi connectivity index (χ3n) is 3.94. The van der Waals surface area contributed by atoms with Crippen LogP contribution < -0.4 is 5.32 Å². The Labute approximate surface area is 151 Å². The maximum atomic E-state index is 12.3. The number of hydrogen-bond donors (Lipinski definition) is 2. The van der Waals surface area contributed by atoms with Gasteiger partial charge >= 0.3 is 18.0 Å². The minimum Gasteiger partial charge on any atom is -0.465 e. The fourth-order valence-corrected chi connectivity index (χ4v) is 2.67. The van der Waals surface area contributed by atoms with Crippen LogP contribution in [0, 0.1) is 0 Å². The van der Waals surface area contributed by atoms with Gasteiger partial charge in [0.05, 0.1) is 6.54 Å². The summed E-state index contributed by atoms with van der Waals surface area (Å²) < 4.78 is 10.1. The Morgan fingerprint density at radius 1 is 1.27 bits per heavy atom. The standard InChI is InChI=1S/C18H22N2O6/c1-2-8-25-16(21)10-19-14-9-15(20(11-14)18(23)24)17(22)26-12-13-6-4-3-5-7-13/h2-7,14-15,19H,1,8-12H2,(H,23,24)/t14-,15+/m0/s1. The fourth-order valence-electron chi connectivity index (χ4n) is 2.67. The van der Waals surface area contributed by atoms with Crippen LogP contribution in [0.5, 0.6) is 0 Å². The maximum Gasteiger partial charge on any atom is 0.408 e. The molecule has 0 bridgehead atoms. The molecule has 26 heavy (non-hydrogen) atoms. The molecule has 1 aliphatic heterocycles. The van der Waals surface area contributed by atoms with Crippen molar-refractivity contribution in [2.75, 3.05) is 19.7 Å². The summed E-state index contributed by atoms with van der Waals surface area (Å²) in [5.74, 6) is -1.07. The summed E-state index contributed by atoms with van der Waals surface area (Å²) in [4.78, 5) is 36.2. The van der Waals surface area contributed by atoms with E-state index in [-0.39, 0.29) is 38.8 Å². The number of benzene rings is 1. The van der Waals surface area contributed by atoms with Crippen molar-refractivity contribution in [1.82, 2.24) is 10.2 Å². The van der Waals surface area contributed by atoms with E-state index in [1.165, 1.54) is 6.08 Å². The largest absolute Gasteiger partial charge is 0.465 e. The maximum absolute atomic E-state index is 12.3. The molecule has 1 saturated heterocycles. The second-order valence-electron chi connectivity index (χ2n) is 5.83. The van der Waals surface area contributed by atoms with Crippen molar-refractivity contribution < 1.29 is 29.0 Å². The van der Waals surface area contributed by atoms with E-state index >= 15 is 0 Å². The predicted molar refractivity (Wildman–Crippen MR) is 92.3 cm³/mol. The number of carbonyl (C=O) groups excluding carboxylic acids is 2. The van der Waals surface area contributed by atoms with Gasteiger partial charge in [-0.05, 0) is 12.0 Å². The third kappa shape index (κ3) is 5.59. The molecule has 2 rings (SSSR count). The number of nitrogens with one attached hydrogen (secondary N) is 1. The summed E-state index contributed by atoms with van der Waals surface area (Å²) >= 11 is 0. The summed E-state index contributed by atoms with van der Waals surface area (Å²) in [5, 5.41) is 12.2. The average molecular weight is 362 g/mol. The Morgan fingerprint density at radius 2 is 2.00 bits per heavy atom. The number of hydrogen-bond acceptors (Lipinski definition) is 6. The molecule has 0 aromatic heterocycles. The lowest BCUT2D eigenvalue weighted by Crippen LogP contribution is -2.41. The molecule has 1 heterocycles. The first kappa shape index (κ1) is 19.5. The molecule has 0 radical (unpaired) electrons. The molecule has 1 aromatic rings. The van der Waals surface area contributed by atoms with Gasteiger partial charge in [-0.2, -0.15) is 0 Å². The normalized spacial score (nSPS) is 19.0. The van der Waals surface area contributed by atoms with Gasteiger partial charge in [0.15, 0.2) is 0 Å². The molecule has 0 saturated carbocycles. The number of carboxylic acid groups (broad SMARTS) is 1. The Morgan fingerprint density at radius 3 is 2.65 bits per heavy atom. The van der Waals surface area contributed by atoms with Crippen LogP contribution in [0.15, 0.2) is 43.0 Å². The van der Waals surface area contributed by atoms with Gasteiger partial charge in [0, 0.05) is 12.6 Å². The van der Waals surface area contributed by atoms with Gasteiger partial charge in [0.1, 0.15) is 19.3 Å². The first-order chi connectivity index (χ1) is 12.5. The molecule has 2 N–H and O–H groups in total. The molecule has 1 fully saturated rings. The van der Waals surface area contributed by atoms with Crippen molar-refractivity contribution in [2.24, 2.45) is 0 Å². The minimum atomic E-state index is -1.20. The first-order valence-corrected chi connectivity index (χ1v) is 8.21. The smallest absolute Gasteiger partial charge is 0.408 e. The summed E-state index contributed by atoms with van der Waals surface area (Å²) in [6, 6.07) is 7.90. The van der Waals surface area contributed by atoms with Gasteiger partial charge in [-0.25, -0.2) is 9.59 Å². The first-order valence-electron chi connectivity index (χ1n) is 8.21. The van der Waals surface area contributed by atoms with E-state index in [9.17, 15) is 19.5 Å². The van der Waals surface area contributed by atoms with Gasteiger partial charge in [0.2, 0.25) is 0 Å². The van der Waals surface area contributed by atoms with E-state index in [1.807, 2.05) is 30.3 Å². The monoisotopic (exact) mass is 362 g/mol. The van der Waals surface area contributed by atoms with E-state index in [2.05, 4.69) is 11.9 Å². The highest BCUT2D eigenvalue weighted by molar-refractivity contribution is 5.81. The SMILES string of the molecule is C=CCOC(=O)CN[C@H]1C[C@H](C(=O)OCc2ccccc2)N(C(=O)O)C1. The molecule has 0 spiro atoms. The predicted octanol–water partition coefficient (Wildman–Crippen LogP) is 1.17. The van der Waals surface area contributed by atoms with E-state index in [0.29, 0.717) is 0 Å². The molecular weight excluding hydrogens is 340 g/mol. The van der Waals surface area contributed by atoms with Gasteiger partial charge in [-0.3, -0.25) is 9.69 Å². The van der Waals surface area contributed by atoms with E-state index in [0.717, 1.165) is 10.5 Å². The van der Waals surface area contributed by atoms with E-state index < -0.39 is 24.1 Å². The van der Waals surface area contributed by atoms with Crippen molar-refractivity contribution in [1.29, 1.82) is 0 Å². The lowest BCUT2D eigenvalue weighted by atomic mass is 10.1. The Hall–Kier alpha value is -2.87. The quantitative estimate of drug-likeness (QED) is 0.528. The molecule has 0 aliphatic carbocycles. The number of nitrogens with zero attached hydrogens (tertiary/aromatic N) is 1. The number of amides is 1. The Bertz CT molecular complexity index is 648. The molecule has 1 amide bonds. The van der Waals surface area contributed by atoms with Crippen molar-refractivity contribution in [3.05, 3.63) is 48.6 Å². The zero-order valence-electron chi connectivity index (χ0n) is 14.3. The van der Waals surface area contributed by atoms with E-state index in [4.69, 9.17) is 9.47 Å². The van der Waals surface area contributed by atoms with Crippen LogP contribution in [0.2, 0.25) is 0 Å². The average Bonchev–Trinajstić information content (AvgIpc) is 3.08. The zero-order chi connectivity index (χ0) is 18.9. The molecule has 1 aliphatic rings. The van der Waals surface area contributed by atoms with Crippen molar-refractivity contribution >= 4 is 18.0 Å². The Balaban J connectivity index is 1.87. The van der Waals surface area contributed by atoms with Gasteiger partial charge in [0.25, 0.3) is 0 Å². The van der Waals surface area contributed by atoms with Crippen LogP contribution in [0.25, 0.3) is 0 Å². The number of rotatable bonds is 8. The highest BCUT2D eigenvalue weighted by Crippen LogP contribution is 2.20. The second kappa shape index (κ2) is 9.57.